The molecule has 2 heterocycles. The molecule has 6 nitrogen and oxygen atoms in total. The number of hydrogen-bond acceptors (Lipinski definition) is 5. The van der Waals surface area contributed by atoms with E-state index in [-0.39, 0.29) is 13.4 Å². The highest BCUT2D eigenvalue weighted by Crippen LogP contribution is 2.36. The molecule has 0 aliphatic carbocycles. The van der Waals surface area contributed by atoms with Gasteiger partial charge >= 0.3 is 5.97 Å². The van der Waals surface area contributed by atoms with Gasteiger partial charge in [-0.1, -0.05) is 0 Å². The molecule has 1 fully saturated rings. The minimum Gasteiger partial charge on any atom is -0.480 e. The monoisotopic (exact) mass is 251 g/mol. The first-order chi connectivity index (χ1) is 8.75. The molecule has 96 valence electrons. The van der Waals surface area contributed by atoms with E-state index < -0.39 is 12.0 Å². The van der Waals surface area contributed by atoms with Gasteiger partial charge in [-0.05, 0) is 12.1 Å². The maximum absolute atomic E-state index is 11.2. The highest BCUT2D eigenvalue weighted by Gasteiger charge is 2.30. The minimum absolute atomic E-state index is 0.198. The third-order valence-electron chi connectivity index (χ3n) is 3.10. The third kappa shape index (κ3) is 1.84. The zero-order valence-electron chi connectivity index (χ0n) is 9.67. The molecule has 0 saturated carbocycles. The summed E-state index contributed by atoms with van der Waals surface area (Å²) in [6.07, 6.45) is 0. The number of benzene rings is 1. The number of fused-ring (bicyclic) bond motifs is 1. The Bertz CT molecular complexity index is 476. The summed E-state index contributed by atoms with van der Waals surface area (Å²) in [4.78, 5) is 13.0. The van der Waals surface area contributed by atoms with E-state index in [4.69, 9.17) is 14.2 Å². The first-order valence-electron chi connectivity index (χ1n) is 5.72. The molecular formula is C12H13NO5. The van der Waals surface area contributed by atoms with Gasteiger partial charge in [0.2, 0.25) is 6.79 Å². The van der Waals surface area contributed by atoms with Crippen LogP contribution in [0, 0.1) is 0 Å². The molecular weight excluding hydrogens is 238 g/mol. The number of rotatable bonds is 2. The summed E-state index contributed by atoms with van der Waals surface area (Å²) in [7, 11) is 0. The van der Waals surface area contributed by atoms with Crippen LogP contribution in [-0.2, 0) is 9.53 Å². The Labute approximate surface area is 104 Å². The fourth-order valence-electron chi connectivity index (χ4n) is 2.18. The summed E-state index contributed by atoms with van der Waals surface area (Å²) in [6, 6.07) is 4.80. The van der Waals surface area contributed by atoms with Crippen molar-refractivity contribution in [1.29, 1.82) is 0 Å². The quantitative estimate of drug-likeness (QED) is 0.834. The summed E-state index contributed by atoms with van der Waals surface area (Å²) < 4.78 is 15.7. The van der Waals surface area contributed by atoms with E-state index in [9.17, 15) is 9.90 Å². The molecule has 1 unspecified atom stereocenters. The van der Waals surface area contributed by atoms with Crippen LogP contribution in [-0.4, -0.2) is 43.7 Å². The van der Waals surface area contributed by atoms with Crippen molar-refractivity contribution < 1.29 is 24.1 Å². The molecule has 0 bridgehead atoms. The van der Waals surface area contributed by atoms with Crippen molar-refractivity contribution in [2.24, 2.45) is 0 Å². The van der Waals surface area contributed by atoms with Crippen LogP contribution in [0.2, 0.25) is 0 Å². The van der Waals surface area contributed by atoms with Crippen LogP contribution in [0.4, 0.5) is 5.69 Å². The van der Waals surface area contributed by atoms with E-state index >= 15 is 0 Å². The zero-order chi connectivity index (χ0) is 12.5. The highest BCUT2D eigenvalue weighted by molar-refractivity contribution is 5.79. The Balaban J connectivity index is 1.90. The predicted molar refractivity (Wildman–Crippen MR) is 62.2 cm³/mol. The Hall–Kier alpha value is -1.95. The van der Waals surface area contributed by atoms with Crippen LogP contribution in [0.1, 0.15) is 0 Å². The minimum atomic E-state index is -0.882. The Kier molecular flexibility index (Phi) is 2.71. The summed E-state index contributed by atoms with van der Waals surface area (Å²) in [6.45, 7) is 1.49. The van der Waals surface area contributed by atoms with Crippen LogP contribution in [0.25, 0.3) is 0 Å². The second kappa shape index (κ2) is 4.38. The number of ether oxygens (including phenoxy) is 3. The maximum Gasteiger partial charge on any atom is 0.328 e. The molecule has 0 amide bonds. The van der Waals surface area contributed by atoms with Gasteiger partial charge in [-0.15, -0.1) is 0 Å². The van der Waals surface area contributed by atoms with Gasteiger partial charge in [-0.2, -0.15) is 0 Å². The third-order valence-corrected chi connectivity index (χ3v) is 3.10. The fraction of sp³-hybridized carbons (Fsp3) is 0.417. The molecule has 18 heavy (non-hydrogen) atoms. The van der Waals surface area contributed by atoms with E-state index in [1.807, 2.05) is 17.0 Å². The molecule has 6 heteroatoms. The second-order valence-corrected chi connectivity index (χ2v) is 4.16. The molecule has 1 aromatic carbocycles. The van der Waals surface area contributed by atoms with Crippen molar-refractivity contribution in [2.45, 2.75) is 6.04 Å². The van der Waals surface area contributed by atoms with Crippen molar-refractivity contribution in [3.63, 3.8) is 0 Å². The average Bonchev–Trinajstić information content (AvgIpc) is 2.85. The molecule has 0 spiro atoms. The molecule has 1 N–H and O–H groups in total. The van der Waals surface area contributed by atoms with Gasteiger partial charge in [-0.25, -0.2) is 4.79 Å². The fourth-order valence-corrected chi connectivity index (χ4v) is 2.18. The van der Waals surface area contributed by atoms with Crippen LogP contribution in [0.5, 0.6) is 11.5 Å². The van der Waals surface area contributed by atoms with Crippen LogP contribution >= 0.6 is 0 Å². The van der Waals surface area contributed by atoms with Crippen molar-refractivity contribution in [1.82, 2.24) is 0 Å². The van der Waals surface area contributed by atoms with Crippen LogP contribution in [0.15, 0.2) is 18.2 Å². The van der Waals surface area contributed by atoms with Crippen molar-refractivity contribution >= 4 is 11.7 Å². The van der Waals surface area contributed by atoms with Gasteiger partial charge in [0.05, 0.1) is 13.2 Å². The number of carbonyl (C=O) groups is 1. The lowest BCUT2D eigenvalue weighted by atomic mass is 10.1. The number of morpholine rings is 1. The molecule has 0 aromatic heterocycles. The standard InChI is InChI=1S/C12H13NO5/c14-12(15)9-6-16-4-3-13(9)8-1-2-10-11(5-8)18-7-17-10/h1-2,5,9H,3-4,6-7H2,(H,14,15). The largest absolute Gasteiger partial charge is 0.480 e. The van der Waals surface area contributed by atoms with E-state index in [1.54, 1.807) is 6.07 Å². The predicted octanol–water partition coefficient (Wildman–Crippen LogP) is 0.705. The lowest BCUT2D eigenvalue weighted by molar-refractivity contribution is -0.141. The van der Waals surface area contributed by atoms with Gasteiger partial charge in [0.25, 0.3) is 0 Å². The zero-order valence-corrected chi connectivity index (χ0v) is 9.67. The Morgan fingerprint density at radius 3 is 3.00 bits per heavy atom. The smallest absolute Gasteiger partial charge is 0.328 e. The summed E-state index contributed by atoms with van der Waals surface area (Å²) in [5.74, 6) is 0.467. The summed E-state index contributed by atoms with van der Waals surface area (Å²) >= 11 is 0. The summed E-state index contributed by atoms with van der Waals surface area (Å²) in [5.41, 5.74) is 0.815. The number of aliphatic carboxylic acids is 1. The van der Waals surface area contributed by atoms with Crippen LogP contribution < -0.4 is 14.4 Å². The maximum atomic E-state index is 11.2. The molecule has 0 radical (unpaired) electrons. The summed E-state index contributed by atoms with van der Waals surface area (Å²) in [5, 5.41) is 9.19. The number of carboxylic acid groups (broad SMARTS) is 1. The lowest BCUT2D eigenvalue weighted by Gasteiger charge is -2.34. The lowest BCUT2D eigenvalue weighted by Crippen LogP contribution is -2.50. The molecule has 1 atom stereocenters. The number of anilines is 1. The van der Waals surface area contributed by atoms with Gasteiger partial charge < -0.3 is 24.2 Å². The van der Waals surface area contributed by atoms with Gasteiger partial charge in [0.1, 0.15) is 0 Å². The van der Waals surface area contributed by atoms with Crippen LogP contribution in [0.3, 0.4) is 0 Å². The Morgan fingerprint density at radius 2 is 2.17 bits per heavy atom. The number of carboxylic acids is 1. The van der Waals surface area contributed by atoms with Gasteiger partial charge in [0, 0.05) is 18.3 Å². The first kappa shape index (κ1) is 11.2. The highest BCUT2D eigenvalue weighted by atomic mass is 16.7. The molecule has 1 saturated heterocycles. The normalized spacial score (nSPS) is 22.0. The van der Waals surface area contributed by atoms with E-state index in [0.29, 0.717) is 24.7 Å². The molecule has 3 rings (SSSR count). The Morgan fingerprint density at radius 1 is 1.33 bits per heavy atom. The average molecular weight is 251 g/mol. The van der Waals surface area contributed by atoms with Gasteiger partial charge in [-0.3, -0.25) is 0 Å². The van der Waals surface area contributed by atoms with Crippen molar-refractivity contribution in [3.8, 4) is 11.5 Å². The molecule has 2 aliphatic rings. The number of nitrogens with zero attached hydrogens (tertiary/aromatic N) is 1. The molecule has 1 aromatic rings. The van der Waals surface area contributed by atoms with E-state index in [2.05, 4.69) is 0 Å². The topological polar surface area (TPSA) is 68.2 Å². The SMILES string of the molecule is O=C(O)C1COCCN1c1ccc2c(c1)OCO2. The first-order valence-corrected chi connectivity index (χ1v) is 5.72. The van der Waals surface area contributed by atoms with Gasteiger partial charge in [0.15, 0.2) is 17.5 Å². The van der Waals surface area contributed by atoms with Crippen molar-refractivity contribution in [3.05, 3.63) is 18.2 Å². The van der Waals surface area contributed by atoms with E-state index in [1.165, 1.54) is 0 Å². The second-order valence-electron chi connectivity index (χ2n) is 4.16. The van der Waals surface area contributed by atoms with E-state index in [0.717, 1.165) is 5.69 Å². The van der Waals surface area contributed by atoms with Crippen molar-refractivity contribution in [2.75, 3.05) is 31.5 Å². The molecule has 2 aliphatic heterocycles. The number of hydrogen-bond donors (Lipinski definition) is 1.